The summed E-state index contributed by atoms with van der Waals surface area (Å²) in [6.45, 7) is 1.28. The van der Waals surface area contributed by atoms with Crippen LogP contribution >= 0.6 is 0 Å². The first-order valence-electron chi connectivity index (χ1n) is 15.2. The molecule has 1 aliphatic rings. The van der Waals surface area contributed by atoms with E-state index in [2.05, 4.69) is 0 Å². The van der Waals surface area contributed by atoms with Crippen LogP contribution in [0, 0.1) is 0 Å². The summed E-state index contributed by atoms with van der Waals surface area (Å²) in [7, 11) is 4.89. The molecule has 9 nitrogen and oxygen atoms in total. The standard InChI is InChI=1S/C37H42O9/c1-39-30-15-9-27(10-16-30)21-42-25-33-35(43-22-28-11-17-31(40-2)18-12-28)36(44-23-29-13-19-32(41-3)20-14-29)34(38)37(46-33)45-24-26-7-5-4-6-8-26/h4-20,33-38H,21-25H2,1-3H3/t33-,34-,35-,36-,37-/m1/s1. The van der Waals surface area contributed by atoms with Crippen LogP contribution < -0.4 is 14.2 Å². The zero-order valence-electron chi connectivity index (χ0n) is 26.5. The fourth-order valence-electron chi connectivity index (χ4n) is 5.15. The highest BCUT2D eigenvalue weighted by Gasteiger charge is 2.47. The van der Waals surface area contributed by atoms with Crippen LogP contribution in [0.1, 0.15) is 22.3 Å². The van der Waals surface area contributed by atoms with Gasteiger partial charge in [0.05, 0.1) is 54.4 Å². The van der Waals surface area contributed by atoms with E-state index in [9.17, 15) is 5.11 Å². The first-order chi connectivity index (χ1) is 22.6. The van der Waals surface area contributed by atoms with Gasteiger partial charge in [0, 0.05) is 0 Å². The van der Waals surface area contributed by atoms with E-state index in [4.69, 9.17) is 37.9 Å². The maximum atomic E-state index is 11.6. The maximum absolute atomic E-state index is 11.6. The van der Waals surface area contributed by atoms with Gasteiger partial charge in [-0.3, -0.25) is 0 Å². The highest BCUT2D eigenvalue weighted by atomic mass is 16.7. The molecule has 1 N–H and O–H groups in total. The van der Waals surface area contributed by atoms with Gasteiger partial charge in [-0.15, -0.1) is 0 Å². The molecule has 4 aromatic rings. The minimum Gasteiger partial charge on any atom is -0.497 e. The molecule has 0 spiro atoms. The minimum atomic E-state index is -1.14. The Bertz CT molecular complexity index is 1430. The first-order valence-corrected chi connectivity index (χ1v) is 15.2. The van der Waals surface area contributed by atoms with Gasteiger partial charge in [0.15, 0.2) is 6.29 Å². The van der Waals surface area contributed by atoms with Gasteiger partial charge in [-0.25, -0.2) is 0 Å². The van der Waals surface area contributed by atoms with Crippen LogP contribution in [-0.4, -0.2) is 63.7 Å². The fourth-order valence-corrected chi connectivity index (χ4v) is 5.15. The van der Waals surface area contributed by atoms with E-state index in [1.54, 1.807) is 21.3 Å². The van der Waals surface area contributed by atoms with E-state index in [0.717, 1.165) is 39.5 Å². The van der Waals surface area contributed by atoms with E-state index in [0.29, 0.717) is 6.61 Å². The fraction of sp³-hybridized carbons (Fsp3) is 0.351. The summed E-state index contributed by atoms with van der Waals surface area (Å²) in [6, 6.07) is 32.7. The lowest BCUT2D eigenvalue weighted by Crippen LogP contribution is -2.61. The van der Waals surface area contributed by atoms with Gasteiger partial charge >= 0.3 is 0 Å². The van der Waals surface area contributed by atoms with Gasteiger partial charge < -0.3 is 43.0 Å². The molecular weight excluding hydrogens is 588 g/mol. The number of ether oxygens (including phenoxy) is 8. The van der Waals surface area contributed by atoms with Crippen LogP contribution in [0.3, 0.4) is 0 Å². The second-order valence-electron chi connectivity index (χ2n) is 10.9. The summed E-state index contributed by atoms with van der Waals surface area (Å²) in [5.41, 5.74) is 3.79. The van der Waals surface area contributed by atoms with Crippen LogP contribution in [-0.2, 0) is 50.1 Å². The van der Waals surface area contributed by atoms with Crippen molar-refractivity contribution in [3.8, 4) is 17.2 Å². The molecule has 1 aliphatic heterocycles. The predicted molar refractivity (Wildman–Crippen MR) is 172 cm³/mol. The highest BCUT2D eigenvalue weighted by molar-refractivity contribution is 5.28. The van der Waals surface area contributed by atoms with E-state index in [1.807, 2.05) is 103 Å². The highest BCUT2D eigenvalue weighted by Crippen LogP contribution is 2.30. The molecular formula is C37H42O9. The second kappa shape index (κ2) is 17.1. The monoisotopic (exact) mass is 630 g/mol. The summed E-state index contributed by atoms with van der Waals surface area (Å²) in [4.78, 5) is 0. The SMILES string of the molecule is COc1ccc(COC[C@H]2O[C@@H](OCc3ccccc3)[C@H](O)[C@@H](OCc3ccc(OC)cc3)[C@@H]2OCc2ccc(OC)cc2)cc1. The Balaban J connectivity index is 1.35. The van der Waals surface area contributed by atoms with Gasteiger partial charge in [-0.05, 0) is 58.7 Å². The van der Waals surface area contributed by atoms with E-state index in [1.165, 1.54) is 0 Å². The quantitative estimate of drug-likeness (QED) is 0.167. The summed E-state index contributed by atoms with van der Waals surface area (Å²) in [5, 5.41) is 11.6. The van der Waals surface area contributed by atoms with Crippen LogP contribution in [0.15, 0.2) is 103 Å². The second-order valence-corrected chi connectivity index (χ2v) is 10.9. The smallest absolute Gasteiger partial charge is 0.187 e. The Hall–Kier alpha value is -3.96. The first kappa shape index (κ1) is 33.4. The van der Waals surface area contributed by atoms with Crippen LogP contribution in [0.25, 0.3) is 0 Å². The lowest BCUT2D eigenvalue weighted by molar-refractivity contribution is -0.321. The summed E-state index contributed by atoms with van der Waals surface area (Å²) in [5.74, 6) is 2.28. The normalized spacial score (nSPS) is 21.1. The molecule has 0 amide bonds. The van der Waals surface area contributed by atoms with Gasteiger partial charge in [-0.1, -0.05) is 66.7 Å². The number of benzene rings is 4. The molecule has 5 rings (SSSR count). The third-order valence-electron chi connectivity index (χ3n) is 7.78. The topological polar surface area (TPSA) is 94.1 Å². The number of aliphatic hydroxyl groups is 1. The van der Waals surface area contributed by atoms with Crippen molar-refractivity contribution in [3.05, 3.63) is 125 Å². The molecule has 0 radical (unpaired) electrons. The Morgan fingerprint density at radius 1 is 0.522 bits per heavy atom. The molecule has 4 aromatic carbocycles. The van der Waals surface area contributed by atoms with Crippen molar-refractivity contribution in [2.24, 2.45) is 0 Å². The lowest BCUT2D eigenvalue weighted by Gasteiger charge is -2.44. The van der Waals surface area contributed by atoms with Crippen molar-refractivity contribution in [1.82, 2.24) is 0 Å². The van der Waals surface area contributed by atoms with Crippen LogP contribution in [0.5, 0.6) is 17.2 Å². The average molecular weight is 631 g/mol. The van der Waals surface area contributed by atoms with Crippen molar-refractivity contribution in [1.29, 1.82) is 0 Å². The zero-order valence-corrected chi connectivity index (χ0v) is 26.5. The van der Waals surface area contributed by atoms with Crippen LogP contribution in [0.4, 0.5) is 0 Å². The Morgan fingerprint density at radius 2 is 0.957 bits per heavy atom. The van der Waals surface area contributed by atoms with Gasteiger partial charge in [0.1, 0.15) is 41.7 Å². The molecule has 5 atom stereocenters. The average Bonchev–Trinajstić information content (AvgIpc) is 3.11. The molecule has 0 saturated carbocycles. The molecule has 1 heterocycles. The molecule has 1 fully saturated rings. The summed E-state index contributed by atoms with van der Waals surface area (Å²) < 4.78 is 47.5. The molecule has 9 heteroatoms. The van der Waals surface area contributed by atoms with Gasteiger partial charge in [0.25, 0.3) is 0 Å². The molecule has 0 unspecified atom stereocenters. The third kappa shape index (κ3) is 9.29. The minimum absolute atomic E-state index is 0.180. The van der Waals surface area contributed by atoms with Crippen molar-refractivity contribution in [2.75, 3.05) is 27.9 Å². The molecule has 0 bridgehead atoms. The zero-order chi connectivity index (χ0) is 32.1. The largest absolute Gasteiger partial charge is 0.497 e. The Morgan fingerprint density at radius 3 is 1.46 bits per heavy atom. The van der Waals surface area contributed by atoms with E-state index >= 15 is 0 Å². The molecule has 244 valence electrons. The van der Waals surface area contributed by atoms with E-state index < -0.39 is 30.7 Å². The number of aliphatic hydroxyl groups excluding tert-OH is 1. The molecule has 1 saturated heterocycles. The van der Waals surface area contributed by atoms with Gasteiger partial charge in [0.2, 0.25) is 0 Å². The van der Waals surface area contributed by atoms with Crippen molar-refractivity contribution in [3.63, 3.8) is 0 Å². The predicted octanol–water partition coefficient (Wildman–Crippen LogP) is 5.70. The lowest BCUT2D eigenvalue weighted by atomic mass is 9.98. The van der Waals surface area contributed by atoms with Crippen molar-refractivity contribution < 1.29 is 43.0 Å². The van der Waals surface area contributed by atoms with Crippen molar-refractivity contribution >= 4 is 0 Å². The summed E-state index contributed by atoms with van der Waals surface area (Å²) in [6.07, 6.45) is -4.19. The molecule has 0 aliphatic carbocycles. The van der Waals surface area contributed by atoms with Gasteiger partial charge in [-0.2, -0.15) is 0 Å². The number of hydrogen-bond acceptors (Lipinski definition) is 9. The van der Waals surface area contributed by atoms with Crippen LogP contribution in [0.2, 0.25) is 0 Å². The Kier molecular flexibility index (Phi) is 12.4. The molecule has 0 aromatic heterocycles. The Labute approximate surface area is 270 Å². The summed E-state index contributed by atoms with van der Waals surface area (Å²) >= 11 is 0. The number of rotatable bonds is 16. The molecule has 46 heavy (non-hydrogen) atoms. The third-order valence-corrected chi connectivity index (χ3v) is 7.78. The number of methoxy groups -OCH3 is 3. The maximum Gasteiger partial charge on any atom is 0.187 e. The number of hydrogen-bond donors (Lipinski definition) is 1. The van der Waals surface area contributed by atoms with Crippen molar-refractivity contribution in [2.45, 2.75) is 57.1 Å². The van der Waals surface area contributed by atoms with E-state index in [-0.39, 0.29) is 26.4 Å².